The van der Waals surface area contributed by atoms with Gasteiger partial charge in [-0.2, -0.15) is 0 Å². The minimum absolute atomic E-state index is 0.0601. The Hall–Kier alpha value is -2.37. The van der Waals surface area contributed by atoms with Crippen LogP contribution in [0.1, 0.15) is 47.2 Å². The molecule has 0 spiro atoms. The van der Waals surface area contributed by atoms with Crippen LogP contribution >= 0.6 is 11.6 Å². The van der Waals surface area contributed by atoms with Crippen LogP contribution in [-0.4, -0.2) is 54.8 Å². The van der Waals surface area contributed by atoms with E-state index in [0.717, 1.165) is 63.0 Å². The molecule has 1 saturated carbocycles. The van der Waals surface area contributed by atoms with Crippen molar-refractivity contribution in [1.82, 2.24) is 15.1 Å². The van der Waals surface area contributed by atoms with Gasteiger partial charge in [-0.15, -0.1) is 0 Å². The van der Waals surface area contributed by atoms with Gasteiger partial charge in [-0.05, 0) is 55.3 Å². The fraction of sp³-hybridized carbons (Fsp3) is 0.440. The molecule has 2 aromatic rings. The summed E-state index contributed by atoms with van der Waals surface area (Å²) < 4.78 is 0. The Morgan fingerprint density at radius 3 is 2.32 bits per heavy atom. The van der Waals surface area contributed by atoms with E-state index in [1.54, 1.807) is 0 Å². The summed E-state index contributed by atoms with van der Waals surface area (Å²) in [5, 5.41) is 3.80. The second-order valence-electron chi connectivity index (χ2n) is 8.77. The molecule has 2 aliphatic rings. The van der Waals surface area contributed by atoms with Crippen LogP contribution in [0.25, 0.3) is 0 Å². The van der Waals surface area contributed by atoms with Crippen molar-refractivity contribution in [3.05, 3.63) is 70.2 Å². The Balaban J connectivity index is 1.39. The van der Waals surface area contributed by atoms with Crippen LogP contribution in [0, 0.1) is 0 Å². The second kappa shape index (κ2) is 9.41. The Morgan fingerprint density at radius 1 is 1.00 bits per heavy atom. The first-order valence-electron chi connectivity index (χ1n) is 11.1. The first-order valence-corrected chi connectivity index (χ1v) is 11.5. The topological polar surface area (TPSA) is 52.6 Å². The van der Waals surface area contributed by atoms with Gasteiger partial charge in [0, 0.05) is 43.3 Å². The first-order chi connectivity index (χ1) is 15.0. The lowest BCUT2D eigenvalue weighted by molar-refractivity contribution is -0.126. The van der Waals surface area contributed by atoms with E-state index in [2.05, 4.69) is 17.3 Å². The summed E-state index contributed by atoms with van der Waals surface area (Å²) >= 11 is 6.20. The molecular formula is C25H30ClN3O2. The molecule has 1 aliphatic carbocycles. The van der Waals surface area contributed by atoms with Crippen molar-refractivity contribution < 1.29 is 9.59 Å². The number of nitrogens with zero attached hydrogens (tertiary/aromatic N) is 2. The van der Waals surface area contributed by atoms with Crippen LogP contribution in [0.4, 0.5) is 0 Å². The molecule has 164 valence electrons. The number of carbonyl (C=O) groups is 2. The summed E-state index contributed by atoms with van der Waals surface area (Å²) in [6, 6.07) is 15.3. The van der Waals surface area contributed by atoms with Gasteiger partial charge >= 0.3 is 0 Å². The molecule has 4 rings (SSSR count). The molecule has 0 unspecified atom stereocenters. The van der Waals surface area contributed by atoms with Crippen molar-refractivity contribution in [2.75, 3.05) is 33.2 Å². The largest absolute Gasteiger partial charge is 0.351 e. The summed E-state index contributed by atoms with van der Waals surface area (Å²) in [7, 11) is 2.08. The Labute approximate surface area is 189 Å². The number of carbonyl (C=O) groups excluding carboxylic acids is 2. The number of piperazine rings is 1. The molecule has 1 N–H and O–H groups in total. The van der Waals surface area contributed by atoms with Crippen molar-refractivity contribution in [3.63, 3.8) is 0 Å². The van der Waals surface area contributed by atoms with Crippen molar-refractivity contribution in [1.29, 1.82) is 0 Å². The second-order valence-corrected chi connectivity index (χ2v) is 9.21. The third-order valence-electron chi connectivity index (χ3n) is 6.71. The van der Waals surface area contributed by atoms with Gasteiger partial charge in [0.1, 0.15) is 0 Å². The summed E-state index contributed by atoms with van der Waals surface area (Å²) in [6.07, 6.45) is 3.78. The summed E-state index contributed by atoms with van der Waals surface area (Å²) in [6.45, 7) is 3.79. The number of nitrogens with one attached hydrogen (secondary N) is 1. The average molecular weight is 440 g/mol. The Morgan fingerprint density at radius 2 is 1.68 bits per heavy atom. The van der Waals surface area contributed by atoms with Crippen LogP contribution in [0.5, 0.6) is 0 Å². The van der Waals surface area contributed by atoms with E-state index in [4.69, 9.17) is 11.6 Å². The lowest BCUT2D eigenvalue weighted by Gasteiger charge is -2.32. The molecule has 0 radical (unpaired) electrons. The third-order valence-corrected chi connectivity index (χ3v) is 6.95. The van der Waals surface area contributed by atoms with Gasteiger partial charge in [0.15, 0.2) is 0 Å². The third kappa shape index (κ3) is 4.78. The van der Waals surface area contributed by atoms with Crippen LogP contribution in [-0.2, 0) is 16.8 Å². The molecular weight excluding hydrogens is 410 g/mol. The van der Waals surface area contributed by atoms with Crippen molar-refractivity contribution in [2.24, 2.45) is 0 Å². The highest BCUT2D eigenvalue weighted by molar-refractivity contribution is 6.30. The van der Waals surface area contributed by atoms with E-state index in [-0.39, 0.29) is 11.8 Å². The van der Waals surface area contributed by atoms with Gasteiger partial charge in [-0.25, -0.2) is 0 Å². The molecule has 6 heteroatoms. The maximum atomic E-state index is 13.2. The van der Waals surface area contributed by atoms with Crippen molar-refractivity contribution in [3.8, 4) is 0 Å². The minimum atomic E-state index is -0.498. The Kier molecular flexibility index (Phi) is 6.63. The van der Waals surface area contributed by atoms with Gasteiger partial charge in [-0.1, -0.05) is 48.7 Å². The number of hydrogen-bond donors (Lipinski definition) is 1. The highest BCUT2D eigenvalue weighted by Gasteiger charge is 2.42. The quantitative estimate of drug-likeness (QED) is 0.769. The lowest BCUT2D eigenvalue weighted by atomic mass is 9.78. The zero-order valence-electron chi connectivity index (χ0n) is 18.1. The molecule has 31 heavy (non-hydrogen) atoms. The fourth-order valence-corrected chi connectivity index (χ4v) is 4.91. The predicted molar refractivity (Wildman–Crippen MR) is 123 cm³/mol. The fourth-order valence-electron chi connectivity index (χ4n) is 4.72. The van der Waals surface area contributed by atoms with E-state index in [1.807, 2.05) is 53.4 Å². The van der Waals surface area contributed by atoms with Crippen LogP contribution < -0.4 is 5.32 Å². The number of amides is 2. The molecule has 1 heterocycles. The Bertz CT molecular complexity index is 930. The number of hydrogen-bond acceptors (Lipinski definition) is 3. The van der Waals surface area contributed by atoms with Crippen molar-refractivity contribution >= 4 is 23.4 Å². The summed E-state index contributed by atoms with van der Waals surface area (Å²) in [5.74, 6) is 0.138. The van der Waals surface area contributed by atoms with E-state index >= 15 is 0 Å². The zero-order valence-corrected chi connectivity index (χ0v) is 18.8. The standard InChI is InChI=1S/C25H30ClN3O2/c1-28-13-15-29(16-14-28)23(30)20-9-7-19(8-10-20)18-27-24(31)25(11-2-3-12-25)21-5-4-6-22(26)17-21/h4-10,17H,2-3,11-16,18H2,1H3,(H,27,31). The van der Waals surface area contributed by atoms with E-state index in [0.29, 0.717) is 17.1 Å². The number of halogens is 1. The highest BCUT2D eigenvalue weighted by atomic mass is 35.5. The number of rotatable bonds is 5. The van der Waals surface area contributed by atoms with Gasteiger partial charge in [0.2, 0.25) is 5.91 Å². The maximum Gasteiger partial charge on any atom is 0.253 e. The SMILES string of the molecule is CN1CCN(C(=O)c2ccc(CNC(=O)C3(c4cccc(Cl)c4)CCCC3)cc2)CC1. The lowest BCUT2D eigenvalue weighted by Crippen LogP contribution is -2.47. The molecule has 0 aromatic heterocycles. The molecule has 0 bridgehead atoms. The molecule has 2 aromatic carbocycles. The average Bonchev–Trinajstić information content (AvgIpc) is 3.29. The number of likely N-dealkylation sites (N-methyl/N-ethyl adjacent to an activating group) is 1. The van der Waals surface area contributed by atoms with Crippen LogP contribution in [0.2, 0.25) is 5.02 Å². The molecule has 5 nitrogen and oxygen atoms in total. The first kappa shape index (κ1) is 21.8. The highest BCUT2D eigenvalue weighted by Crippen LogP contribution is 2.42. The summed E-state index contributed by atoms with van der Waals surface area (Å²) in [4.78, 5) is 30.1. The molecule has 2 amide bonds. The van der Waals surface area contributed by atoms with Crippen LogP contribution in [0.15, 0.2) is 48.5 Å². The van der Waals surface area contributed by atoms with Gasteiger partial charge < -0.3 is 15.1 Å². The van der Waals surface area contributed by atoms with E-state index < -0.39 is 5.41 Å². The molecule has 1 aliphatic heterocycles. The molecule has 1 saturated heterocycles. The maximum absolute atomic E-state index is 13.2. The van der Waals surface area contributed by atoms with Crippen LogP contribution in [0.3, 0.4) is 0 Å². The van der Waals surface area contributed by atoms with E-state index in [1.165, 1.54) is 0 Å². The smallest absolute Gasteiger partial charge is 0.253 e. The van der Waals surface area contributed by atoms with Gasteiger partial charge in [0.05, 0.1) is 5.41 Å². The monoisotopic (exact) mass is 439 g/mol. The van der Waals surface area contributed by atoms with Gasteiger partial charge in [0.25, 0.3) is 5.91 Å². The van der Waals surface area contributed by atoms with Gasteiger partial charge in [-0.3, -0.25) is 9.59 Å². The predicted octanol–water partition coefficient (Wildman–Crippen LogP) is 3.86. The summed E-state index contributed by atoms with van der Waals surface area (Å²) in [5.41, 5.74) is 2.19. The minimum Gasteiger partial charge on any atom is -0.351 e. The normalized spacial score (nSPS) is 18.7. The molecule has 2 fully saturated rings. The van der Waals surface area contributed by atoms with E-state index in [9.17, 15) is 9.59 Å². The van der Waals surface area contributed by atoms with Crippen molar-refractivity contribution in [2.45, 2.75) is 37.6 Å². The zero-order chi connectivity index (χ0) is 21.8. The molecule has 0 atom stereocenters. The number of benzene rings is 2.